The smallest absolute Gasteiger partial charge is 0.318 e. The molecule has 0 aromatic carbocycles. The summed E-state index contributed by atoms with van der Waals surface area (Å²) in [5, 5.41) is 0. The number of esters is 2. The average Bonchev–Trinajstić information content (AvgIpc) is 2.64. The fourth-order valence-corrected chi connectivity index (χ4v) is 3.07. The minimum atomic E-state index is -0.300. The Kier molecular flexibility index (Phi) is 1.14. The van der Waals surface area contributed by atoms with E-state index < -0.39 is 0 Å². The summed E-state index contributed by atoms with van der Waals surface area (Å²) in [4.78, 5) is 22.6. The molecule has 3 aliphatic rings. The third-order valence-electron chi connectivity index (χ3n) is 3.62. The first-order valence-corrected chi connectivity index (χ1v) is 4.62. The molecule has 3 rings (SSSR count). The third-order valence-corrected chi connectivity index (χ3v) is 3.62. The van der Waals surface area contributed by atoms with Gasteiger partial charge in [-0.3, -0.25) is 9.59 Å². The number of cyclic esters (lactones) is 2. The van der Waals surface area contributed by atoms with E-state index in [1.807, 2.05) is 6.92 Å². The van der Waals surface area contributed by atoms with Gasteiger partial charge in [-0.25, -0.2) is 0 Å². The predicted octanol–water partition coefficient (Wildman–Crippen LogP) is 0.898. The van der Waals surface area contributed by atoms with E-state index in [1.165, 1.54) is 5.57 Å². The first kappa shape index (κ1) is 7.30. The molecule has 0 N–H and O–H groups in total. The van der Waals surface area contributed by atoms with Crippen LogP contribution in [0.15, 0.2) is 11.6 Å². The second-order valence-corrected chi connectivity index (χ2v) is 4.21. The summed E-state index contributed by atoms with van der Waals surface area (Å²) in [5.41, 5.74) is 1.26. The summed E-state index contributed by atoms with van der Waals surface area (Å²) in [6.45, 7) is 2.04. The Bertz CT molecular complexity index is 342. The molecule has 0 amide bonds. The molecule has 0 radical (unpaired) electrons. The molecule has 2 bridgehead atoms. The minimum Gasteiger partial charge on any atom is -0.393 e. The van der Waals surface area contributed by atoms with E-state index in [-0.39, 0.29) is 35.6 Å². The molecular weight excluding hydrogens is 168 g/mol. The minimum absolute atomic E-state index is 0.150. The van der Waals surface area contributed by atoms with Crippen molar-refractivity contribution in [2.24, 2.45) is 23.7 Å². The van der Waals surface area contributed by atoms with Crippen molar-refractivity contribution in [3.05, 3.63) is 11.6 Å². The van der Waals surface area contributed by atoms with Crippen LogP contribution in [0.25, 0.3) is 0 Å². The SMILES string of the molecule is CC1=C[C@@H]2C[C@H]1[C@H]1C(=O)OC(=O)[C@H]12. The number of carbonyl (C=O) groups excluding carboxylic acids is 2. The van der Waals surface area contributed by atoms with Crippen molar-refractivity contribution < 1.29 is 14.3 Å². The maximum absolute atomic E-state index is 11.3. The van der Waals surface area contributed by atoms with Gasteiger partial charge in [0.25, 0.3) is 0 Å². The number of allylic oxidation sites excluding steroid dienone is 2. The van der Waals surface area contributed by atoms with Crippen LogP contribution in [-0.4, -0.2) is 11.9 Å². The maximum atomic E-state index is 11.3. The van der Waals surface area contributed by atoms with Gasteiger partial charge in [-0.15, -0.1) is 0 Å². The van der Waals surface area contributed by atoms with Crippen LogP contribution in [0.4, 0.5) is 0 Å². The number of rotatable bonds is 0. The lowest BCUT2D eigenvalue weighted by Gasteiger charge is -2.17. The van der Waals surface area contributed by atoms with E-state index in [2.05, 4.69) is 10.8 Å². The van der Waals surface area contributed by atoms with Crippen molar-refractivity contribution in [2.45, 2.75) is 13.3 Å². The Morgan fingerprint density at radius 2 is 2.00 bits per heavy atom. The van der Waals surface area contributed by atoms with Crippen LogP contribution in [-0.2, 0) is 14.3 Å². The highest BCUT2D eigenvalue weighted by atomic mass is 16.6. The maximum Gasteiger partial charge on any atom is 0.318 e. The second kappa shape index (κ2) is 2.03. The monoisotopic (exact) mass is 178 g/mol. The van der Waals surface area contributed by atoms with Crippen LogP contribution in [0.2, 0.25) is 0 Å². The highest BCUT2D eigenvalue weighted by Gasteiger charge is 2.59. The highest BCUT2D eigenvalue weighted by molar-refractivity contribution is 5.98. The number of fused-ring (bicyclic) bond motifs is 5. The Balaban J connectivity index is 2.08. The van der Waals surface area contributed by atoms with Crippen molar-refractivity contribution >= 4 is 11.9 Å². The molecule has 1 heterocycles. The summed E-state index contributed by atoms with van der Waals surface area (Å²) >= 11 is 0. The number of hydrogen-bond acceptors (Lipinski definition) is 3. The summed E-state index contributed by atoms with van der Waals surface area (Å²) in [6.07, 6.45) is 3.10. The predicted molar refractivity (Wildman–Crippen MR) is 43.4 cm³/mol. The van der Waals surface area contributed by atoms with Gasteiger partial charge in [0, 0.05) is 0 Å². The Morgan fingerprint density at radius 3 is 2.77 bits per heavy atom. The lowest BCUT2D eigenvalue weighted by Crippen LogP contribution is -2.23. The van der Waals surface area contributed by atoms with E-state index in [0.717, 1.165) is 6.42 Å². The Labute approximate surface area is 75.8 Å². The van der Waals surface area contributed by atoms with Gasteiger partial charge in [-0.1, -0.05) is 11.6 Å². The van der Waals surface area contributed by atoms with Gasteiger partial charge in [0.1, 0.15) is 0 Å². The summed E-state index contributed by atoms with van der Waals surface area (Å²) in [7, 11) is 0. The Morgan fingerprint density at radius 1 is 1.31 bits per heavy atom. The van der Waals surface area contributed by atoms with Gasteiger partial charge in [0.2, 0.25) is 0 Å². The molecule has 0 spiro atoms. The highest BCUT2D eigenvalue weighted by Crippen LogP contribution is 2.54. The Hall–Kier alpha value is -1.12. The van der Waals surface area contributed by atoms with Crippen LogP contribution in [0.3, 0.4) is 0 Å². The van der Waals surface area contributed by atoms with Crippen LogP contribution in [0.1, 0.15) is 13.3 Å². The molecule has 13 heavy (non-hydrogen) atoms. The van der Waals surface area contributed by atoms with Crippen LogP contribution < -0.4 is 0 Å². The van der Waals surface area contributed by atoms with Gasteiger partial charge >= 0.3 is 11.9 Å². The van der Waals surface area contributed by atoms with Gasteiger partial charge in [0.15, 0.2) is 0 Å². The van der Waals surface area contributed by atoms with Crippen LogP contribution in [0.5, 0.6) is 0 Å². The van der Waals surface area contributed by atoms with E-state index in [9.17, 15) is 9.59 Å². The summed E-state index contributed by atoms with van der Waals surface area (Å²) in [5.74, 6) is -0.340. The molecule has 2 aliphatic carbocycles. The van der Waals surface area contributed by atoms with Crippen LogP contribution >= 0.6 is 0 Å². The molecule has 68 valence electrons. The van der Waals surface area contributed by atoms with E-state index in [4.69, 9.17) is 0 Å². The van der Waals surface area contributed by atoms with Gasteiger partial charge in [0.05, 0.1) is 11.8 Å². The largest absolute Gasteiger partial charge is 0.393 e. The molecule has 0 aromatic rings. The number of ether oxygens (including phenoxy) is 1. The topological polar surface area (TPSA) is 43.4 Å². The number of carbonyl (C=O) groups is 2. The lowest BCUT2D eigenvalue weighted by molar-refractivity contribution is -0.154. The van der Waals surface area contributed by atoms with Crippen molar-refractivity contribution in [1.82, 2.24) is 0 Å². The standard InChI is InChI=1S/C10H10O3/c1-4-2-5-3-6(4)8-7(5)9(11)13-10(8)12/h2,5-8H,3H2,1H3/t5-,6-,7+,8-/m1/s1. The van der Waals surface area contributed by atoms with Crippen molar-refractivity contribution in [1.29, 1.82) is 0 Å². The molecular formula is C10H10O3. The zero-order valence-electron chi connectivity index (χ0n) is 7.32. The lowest BCUT2D eigenvalue weighted by atomic mass is 9.82. The van der Waals surface area contributed by atoms with E-state index in [1.54, 1.807) is 0 Å². The van der Waals surface area contributed by atoms with Crippen molar-refractivity contribution in [3.8, 4) is 0 Å². The molecule has 1 saturated carbocycles. The molecule has 3 nitrogen and oxygen atoms in total. The van der Waals surface area contributed by atoms with Crippen molar-refractivity contribution in [2.75, 3.05) is 0 Å². The molecule has 0 unspecified atom stereocenters. The zero-order valence-corrected chi connectivity index (χ0v) is 7.32. The quantitative estimate of drug-likeness (QED) is 0.314. The average molecular weight is 178 g/mol. The fraction of sp³-hybridized carbons (Fsp3) is 0.600. The van der Waals surface area contributed by atoms with Gasteiger partial charge < -0.3 is 4.74 Å². The molecule has 4 atom stereocenters. The normalized spacial score (nSPS) is 46.4. The van der Waals surface area contributed by atoms with Gasteiger partial charge in [-0.05, 0) is 25.2 Å². The van der Waals surface area contributed by atoms with Gasteiger partial charge in [-0.2, -0.15) is 0 Å². The van der Waals surface area contributed by atoms with E-state index in [0.29, 0.717) is 0 Å². The molecule has 2 fully saturated rings. The first-order valence-electron chi connectivity index (χ1n) is 4.62. The van der Waals surface area contributed by atoms with Crippen LogP contribution in [0, 0.1) is 23.7 Å². The second-order valence-electron chi connectivity index (χ2n) is 4.21. The summed E-state index contributed by atoms with van der Waals surface area (Å²) in [6, 6.07) is 0. The van der Waals surface area contributed by atoms with E-state index >= 15 is 0 Å². The van der Waals surface area contributed by atoms with Crippen molar-refractivity contribution in [3.63, 3.8) is 0 Å². The molecule has 1 aliphatic heterocycles. The molecule has 0 aromatic heterocycles. The first-order chi connectivity index (χ1) is 6.18. The summed E-state index contributed by atoms with van der Waals surface area (Å²) < 4.78 is 4.65. The third kappa shape index (κ3) is 0.705. The molecule has 1 saturated heterocycles. The fourth-order valence-electron chi connectivity index (χ4n) is 3.07. The zero-order chi connectivity index (χ0) is 9.16. The number of hydrogen-bond donors (Lipinski definition) is 0. The molecule has 3 heteroatoms.